The van der Waals surface area contributed by atoms with E-state index in [2.05, 4.69) is 5.16 Å². The lowest BCUT2D eigenvalue weighted by Crippen LogP contribution is -2.53. The van der Waals surface area contributed by atoms with Gasteiger partial charge >= 0.3 is 0 Å². The summed E-state index contributed by atoms with van der Waals surface area (Å²) in [5.41, 5.74) is 3.97. The number of hydrogen-bond acceptors (Lipinski definition) is 4. The summed E-state index contributed by atoms with van der Waals surface area (Å²) in [5, 5.41) is 22.4. The van der Waals surface area contributed by atoms with Gasteiger partial charge in [-0.2, -0.15) is 0 Å². The van der Waals surface area contributed by atoms with Crippen molar-refractivity contribution < 1.29 is 15.1 Å². The van der Waals surface area contributed by atoms with E-state index in [4.69, 9.17) is 10.9 Å². The van der Waals surface area contributed by atoms with E-state index in [1.165, 1.54) is 4.90 Å². The number of rotatable bonds is 6. The molecule has 0 saturated heterocycles. The fraction of sp³-hybridized carbons (Fsp3) is 0.857. The second kappa shape index (κ2) is 6.43. The number of likely N-dealkylation sites (N-methyl/N-ethyl adjacent to an activating group) is 1. The van der Waals surface area contributed by atoms with Gasteiger partial charge in [-0.15, -0.1) is 0 Å². The molecule has 0 bridgehead atoms. The summed E-state index contributed by atoms with van der Waals surface area (Å²) < 4.78 is 0. The first-order valence-electron chi connectivity index (χ1n) is 7.31. The molecule has 6 nitrogen and oxygen atoms in total. The molecule has 0 aliphatic heterocycles. The molecule has 4 N–H and O–H groups in total. The van der Waals surface area contributed by atoms with Gasteiger partial charge in [-0.05, 0) is 25.7 Å². The Morgan fingerprint density at radius 3 is 2.25 bits per heavy atom. The van der Waals surface area contributed by atoms with Crippen molar-refractivity contribution in [1.29, 1.82) is 0 Å². The number of amides is 1. The van der Waals surface area contributed by atoms with Crippen LogP contribution in [-0.4, -0.2) is 46.1 Å². The van der Waals surface area contributed by atoms with E-state index >= 15 is 0 Å². The minimum Gasteiger partial charge on any atom is -0.409 e. The second-order valence-corrected chi connectivity index (χ2v) is 5.87. The van der Waals surface area contributed by atoms with E-state index in [-0.39, 0.29) is 11.7 Å². The summed E-state index contributed by atoms with van der Waals surface area (Å²) in [6.07, 6.45) is 4.35. The van der Waals surface area contributed by atoms with Crippen molar-refractivity contribution in [2.75, 3.05) is 13.6 Å². The molecule has 1 aliphatic rings. The minimum absolute atomic E-state index is 0.0576. The zero-order valence-corrected chi connectivity index (χ0v) is 12.7. The van der Waals surface area contributed by atoms with Crippen LogP contribution in [0, 0.1) is 5.41 Å². The maximum Gasteiger partial charge on any atom is 0.236 e. The van der Waals surface area contributed by atoms with Gasteiger partial charge in [-0.3, -0.25) is 4.79 Å². The van der Waals surface area contributed by atoms with Crippen LogP contribution in [0.15, 0.2) is 5.16 Å². The number of oxime groups is 1. The fourth-order valence-electron chi connectivity index (χ4n) is 3.19. The molecule has 0 aromatic rings. The highest BCUT2D eigenvalue weighted by Gasteiger charge is 2.43. The average molecular weight is 285 g/mol. The monoisotopic (exact) mass is 285 g/mol. The van der Waals surface area contributed by atoms with Crippen molar-refractivity contribution in [3.63, 3.8) is 0 Å². The van der Waals surface area contributed by atoms with Gasteiger partial charge in [0.2, 0.25) is 5.91 Å². The fourth-order valence-corrected chi connectivity index (χ4v) is 3.19. The van der Waals surface area contributed by atoms with Crippen LogP contribution in [-0.2, 0) is 4.79 Å². The molecule has 0 atom stereocenters. The topological polar surface area (TPSA) is 99.2 Å². The van der Waals surface area contributed by atoms with E-state index in [0.717, 1.165) is 25.7 Å². The van der Waals surface area contributed by atoms with Crippen LogP contribution in [0.2, 0.25) is 0 Å². The van der Waals surface area contributed by atoms with Crippen molar-refractivity contribution in [2.24, 2.45) is 16.3 Å². The Morgan fingerprint density at radius 1 is 1.35 bits per heavy atom. The summed E-state index contributed by atoms with van der Waals surface area (Å²) in [6, 6.07) is 0. The van der Waals surface area contributed by atoms with Crippen molar-refractivity contribution >= 4 is 11.7 Å². The Morgan fingerprint density at radius 2 is 1.85 bits per heavy atom. The molecule has 6 heteroatoms. The maximum absolute atomic E-state index is 12.7. The highest BCUT2D eigenvalue weighted by atomic mass is 16.4. The number of carbonyl (C=O) groups excluding carboxylic acids is 1. The van der Waals surface area contributed by atoms with E-state index in [9.17, 15) is 9.90 Å². The standard InChI is InChI=1S/C14H27N3O3/c1-4-14(5-2,11(15)16-20)12(18)17(3)10-13(19)8-6-7-9-13/h19-20H,4-10H2,1-3H3,(H2,15,16). The molecule has 1 saturated carbocycles. The van der Waals surface area contributed by atoms with E-state index in [0.29, 0.717) is 19.4 Å². The maximum atomic E-state index is 12.7. The van der Waals surface area contributed by atoms with E-state index in [1.807, 2.05) is 13.8 Å². The first-order chi connectivity index (χ1) is 9.35. The molecule has 1 aliphatic carbocycles. The quantitative estimate of drug-likeness (QED) is 0.296. The SMILES string of the molecule is CCC(CC)(C(=O)N(C)CC1(O)CCCC1)C(N)=NO. The van der Waals surface area contributed by atoms with Crippen LogP contribution in [0.25, 0.3) is 0 Å². The van der Waals surface area contributed by atoms with Gasteiger partial charge in [0.15, 0.2) is 5.84 Å². The lowest BCUT2D eigenvalue weighted by molar-refractivity contribution is -0.140. The first-order valence-corrected chi connectivity index (χ1v) is 7.31. The molecular weight excluding hydrogens is 258 g/mol. The van der Waals surface area contributed by atoms with Gasteiger partial charge in [0.25, 0.3) is 0 Å². The molecular formula is C14H27N3O3. The largest absolute Gasteiger partial charge is 0.409 e. The van der Waals surface area contributed by atoms with Gasteiger partial charge in [-0.25, -0.2) is 0 Å². The second-order valence-electron chi connectivity index (χ2n) is 5.87. The van der Waals surface area contributed by atoms with Gasteiger partial charge in [0, 0.05) is 13.6 Å². The molecule has 20 heavy (non-hydrogen) atoms. The Kier molecular flexibility index (Phi) is 5.39. The molecule has 1 fully saturated rings. The summed E-state index contributed by atoms with van der Waals surface area (Å²) >= 11 is 0. The molecule has 0 aromatic heterocycles. The van der Waals surface area contributed by atoms with Crippen molar-refractivity contribution in [1.82, 2.24) is 4.90 Å². The molecule has 0 aromatic carbocycles. The number of amidine groups is 1. The van der Waals surface area contributed by atoms with Crippen molar-refractivity contribution in [3.8, 4) is 0 Å². The molecule has 1 rings (SSSR count). The van der Waals surface area contributed by atoms with Gasteiger partial charge in [-0.1, -0.05) is 31.8 Å². The van der Waals surface area contributed by atoms with Crippen LogP contribution < -0.4 is 5.73 Å². The number of nitrogens with zero attached hydrogens (tertiary/aromatic N) is 2. The number of aliphatic hydroxyl groups is 1. The molecule has 0 unspecified atom stereocenters. The number of hydrogen-bond donors (Lipinski definition) is 3. The van der Waals surface area contributed by atoms with E-state index in [1.54, 1.807) is 7.05 Å². The summed E-state index contributed by atoms with van der Waals surface area (Å²) in [5.74, 6) is -0.254. The summed E-state index contributed by atoms with van der Waals surface area (Å²) in [7, 11) is 1.67. The van der Waals surface area contributed by atoms with Crippen LogP contribution in [0.5, 0.6) is 0 Å². The third-order valence-electron chi connectivity index (χ3n) is 4.63. The Hall–Kier alpha value is -1.30. The number of nitrogens with two attached hydrogens (primary N) is 1. The van der Waals surface area contributed by atoms with Crippen molar-refractivity contribution in [2.45, 2.75) is 58.0 Å². The smallest absolute Gasteiger partial charge is 0.236 e. The van der Waals surface area contributed by atoms with E-state index < -0.39 is 11.0 Å². The number of carbonyl (C=O) groups is 1. The highest BCUT2D eigenvalue weighted by molar-refractivity contribution is 6.06. The third-order valence-corrected chi connectivity index (χ3v) is 4.63. The zero-order valence-electron chi connectivity index (χ0n) is 12.7. The Bertz CT molecular complexity index is 372. The Labute approximate surface area is 120 Å². The van der Waals surface area contributed by atoms with Gasteiger partial charge in [0.05, 0.1) is 5.60 Å². The molecule has 1 amide bonds. The first kappa shape index (κ1) is 16.8. The Balaban J connectivity index is 2.89. The van der Waals surface area contributed by atoms with Crippen LogP contribution in [0.3, 0.4) is 0 Å². The zero-order chi connectivity index (χ0) is 15.4. The highest BCUT2D eigenvalue weighted by Crippen LogP contribution is 2.33. The lowest BCUT2D eigenvalue weighted by atomic mass is 9.79. The average Bonchev–Trinajstić information content (AvgIpc) is 2.86. The summed E-state index contributed by atoms with van der Waals surface area (Å²) in [6.45, 7) is 3.99. The molecule has 0 radical (unpaired) electrons. The summed E-state index contributed by atoms with van der Waals surface area (Å²) in [4.78, 5) is 14.2. The van der Waals surface area contributed by atoms with Gasteiger partial charge in [0.1, 0.15) is 5.41 Å². The molecule has 0 spiro atoms. The molecule has 116 valence electrons. The minimum atomic E-state index is -0.988. The lowest BCUT2D eigenvalue weighted by Gasteiger charge is -2.36. The predicted octanol–water partition coefficient (Wildman–Crippen LogP) is 1.30. The van der Waals surface area contributed by atoms with Gasteiger partial charge < -0.3 is 20.9 Å². The van der Waals surface area contributed by atoms with Crippen LogP contribution >= 0.6 is 0 Å². The predicted molar refractivity (Wildman–Crippen MR) is 77.5 cm³/mol. The molecule has 0 heterocycles. The normalized spacial score (nSPS) is 19.1. The third kappa shape index (κ3) is 3.06. The van der Waals surface area contributed by atoms with Crippen LogP contribution in [0.4, 0.5) is 0 Å². The van der Waals surface area contributed by atoms with Crippen LogP contribution in [0.1, 0.15) is 52.4 Å². The van der Waals surface area contributed by atoms with Crippen molar-refractivity contribution in [3.05, 3.63) is 0 Å².